The highest BCUT2D eigenvalue weighted by Gasteiger charge is 2.34. The summed E-state index contributed by atoms with van der Waals surface area (Å²) in [6.07, 6.45) is -2.66. The van der Waals surface area contributed by atoms with Gasteiger partial charge in [-0.1, -0.05) is 48.9 Å². The number of amides is 8. The highest BCUT2D eigenvalue weighted by atomic mass is 32.2. The van der Waals surface area contributed by atoms with E-state index in [0.717, 1.165) is 30.0 Å². The average Bonchev–Trinajstić information content (AvgIpc) is 1.45. The highest BCUT2D eigenvalue weighted by Crippen LogP contribution is 2.22. The third-order valence-corrected chi connectivity index (χ3v) is 16.7. The molecular formula is C64H85FN12O18S. The number of aromatic nitrogens is 1. The number of nitrogens with two attached hydrogens (primary N) is 1. The first kappa shape index (κ1) is 77.1. The SMILES string of the molecule is COc1ccc(S(=O)(=O)NC(CC(=O)O)C(=O)NC(CCC(=O)O)C(=O)NCC(=O)NC(Cc2cccc(F)c2)C(=O)NC(Cc2c[nH]c3ccccc23)C(=O)NC(CCC(O)O)C(=O)NCCCCCC(=O)NC(CCCCNC(O)c2ccc(N(C)C)cc2)C(N)=O)cc1. The van der Waals surface area contributed by atoms with Crippen molar-refractivity contribution in [3.63, 3.8) is 0 Å². The number of carbonyl (C=O) groups is 10. The zero-order valence-corrected chi connectivity index (χ0v) is 54.1. The molecule has 1 heterocycles. The standard InChI is InChI=1S/C64H85FN12O18S/c1-77(2)42-20-18-39(19-21-42)59(87)67-31-10-8-16-47(58(66)86)71-53(78)17-5-4-9-30-68-60(88)48(26-28-55(80)81)73-63(91)51(34-40-36-69-46-15-7-6-14-45(40)46)75-62(90)50(33-38-12-11-13-41(65)32-38)72-54(79)37-70-61(89)49(27-29-56(82)83)74-64(92)52(35-57(84)85)76-96(93,94)44-24-22-43(95-3)23-25-44/h6-7,11-15,18-25,32,36,47-52,55,59,67,69,76,80-81,87H,4-5,8-10,16-17,26-31,33-35,37H2,1-3H3,(H2,66,86)(H,68,88)(H,70,89)(H,71,78)(H,72,79)(H,73,91)(H,74,92)(H,75,90)(H,82,83)(H,84,85). The largest absolute Gasteiger partial charge is 0.497 e. The second-order valence-electron chi connectivity index (χ2n) is 22.8. The number of primary amides is 1. The summed E-state index contributed by atoms with van der Waals surface area (Å²) in [5.41, 5.74) is 8.58. The number of aromatic amines is 1. The average molecular weight is 1360 g/mol. The predicted octanol–water partition coefficient (Wildman–Crippen LogP) is 0.0974. The molecule has 32 heteroatoms. The number of carbonyl (C=O) groups excluding carboxylic acids is 8. The molecule has 0 spiro atoms. The number of ether oxygens (including phenoxy) is 1. The Labute approximate surface area is 553 Å². The summed E-state index contributed by atoms with van der Waals surface area (Å²) in [6, 6.07) is 14.7. The number of rotatable bonds is 43. The summed E-state index contributed by atoms with van der Waals surface area (Å²) in [5, 5.41) is 70.3. The normalized spacial score (nSPS) is 13.5. The maximum Gasteiger partial charge on any atom is 0.305 e. The van der Waals surface area contributed by atoms with Crippen molar-refractivity contribution in [2.75, 3.05) is 45.7 Å². The van der Waals surface area contributed by atoms with Crippen LogP contribution >= 0.6 is 0 Å². The molecule has 0 aliphatic rings. The molecule has 0 fully saturated rings. The van der Waals surface area contributed by atoms with Gasteiger partial charge in [0.15, 0.2) is 6.29 Å². The zero-order chi connectivity index (χ0) is 70.5. The van der Waals surface area contributed by atoms with Crippen molar-refractivity contribution in [3.05, 3.63) is 126 Å². The molecule has 96 heavy (non-hydrogen) atoms. The topological polar surface area (TPSA) is 469 Å². The molecule has 5 rings (SSSR count). The smallest absolute Gasteiger partial charge is 0.305 e. The molecule has 8 amide bonds. The summed E-state index contributed by atoms with van der Waals surface area (Å²) in [7, 11) is 0.551. The van der Waals surface area contributed by atoms with Gasteiger partial charge in [0.1, 0.15) is 54.0 Å². The predicted molar refractivity (Wildman–Crippen MR) is 347 cm³/mol. The lowest BCUT2D eigenvalue weighted by Gasteiger charge is -2.26. The van der Waals surface area contributed by atoms with E-state index in [0.29, 0.717) is 60.7 Å². The van der Waals surface area contributed by atoms with Gasteiger partial charge in [0.2, 0.25) is 57.3 Å². The zero-order valence-electron chi connectivity index (χ0n) is 53.3. The fourth-order valence-corrected chi connectivity index (χ4v) is 11.1. The number of unbranched alkanes of at least 4 members (excludes halogenated alkanes) is 3. The van der Waals surface area contributed by atoms with Crippen LogP contribution in [0.2, 0.25) is 0 Å². The minimum atomic E-state index is -4.60. The van der Waals surface area contributed by atoms with Crippen molar-refractivity contribution in [1.82, 2.24) is 52.2 Å². The molecule has 0 aliphatic carbocycles. The Kier molecular flexibility index (Phi) is 31.1. The number of carboxylic acid groups (broad SMARTS) is 2. The van der Waals surface area contributed by atoms with Crippen molar-refractivity contribution in [2.45, 2.75) is 144 Å². The van der Waals surface area contributed by atoms with E-state index >= 15 is 0 Å². The third kappa shape index (κ3) is 26.3. The van der Waals surface area contributed by atoms with E-state index < -0.39 is 167 Å². The van der Waals surface area contributed by atoms with E-state index in [1.54, 1.807) is 30.5 Å². The van der Waals surface area contributed by atoms with Gasteiger partial charge in [0.25, 0.3) is 0 Å². The molecule has 0 saturated heterocycles. The van der Waals surface area contributed by atoms with Gasteiger partial charge in [-0.15, -0.1) is 0 Å². The maximum atomic E-state index is 14.6. The maximum absolute atomic E-state index is 14.6. The second kappa shape index (κ2) is 38.7. The Morgan fingerprint density at radius 2 is 1.23 bits per heavy atom. The summed E-state index contributed by atoms with van der Waals surface area (Å²) in [4.78, 5) is 137. The summed E-state index contributed by atoms with van der Waals surface area (Å²) in [5.74, 6) is -11.0. The molecule has 30 nitrogen and oxygen atoms in total. The summed E-state index contributed by atoms with van der Waals surface area (Å²) < 4.78 is 48.1. The highest BCUT2D eigenvalue weighted by molar-refractivity contribution is 7.89. The number of benzene rings is 4. The lowest BCUT2D eigenvalue weighted by molar-refractivity contribution is -0.140. The van der Waals surface area contributed by atoms with Crippen LogP contribution < -0.4 is 62.6 Å². The molecule has 1 aromatic heterocycles. The first-order valence-corrected chi connectivity index (χ1v) is 32.4. The molecule has 17 N–H and O–H groups in total. The number of methoxy groups -OCH3 is 1. The van der Waals surface area contributed by atoms with Gasteiger partial charge in [-0.3, -0.25) is 53.3 Å². The molecule has 0 radical (unpaired) electrons. The number of para-hydroxylation sites is 1. The fourth-order valence-electron chi connectivity index (χ4n) is 9.94. The minimum absolute atomic E-state index is 0.0273. The number of halogens is 1. The molecule has 0 aliphatic heterocycles. The Balaban J connectivity index is 1.23. The lowest BCUT2D eigenvalue weighted by atomic mass is 10.0. The van der Waals surface area contributed by atoms with Crippen LogP contribution in [0.15, 0.2) is 108 Å². The Morgan fingerprint density at radius 3 is 1.86 bits per heavy atom. The van der Waals surface area contributed by atoms with Crippen molar-refractivity contribution in [2.24, 2.45) is 5.73 Å². The number of nitrogens with zero attached hydrogens (tertiary/aromatic N) is 1. The van der Waals surface area contributed by atoms with Crippen molar-refractivity contribution in [3.8, 4) is 5.75 Å². The number of fused-ring (bicyclic) bond motifs is 1. The Morgan fingerprint density at radius 1 is 0.604 bits per heavy atom. The number of anilines is 1. The first-order valence-electron chi connectivity index (χ1n) is 30.9. The fraction of sp³-hybridized carbons (Fsp3) is 0.438. The molecule has 7 unspecified atom stereocenters. The van der Waals surface area contributed by atoms with E-state index in [9.17, 15) is 86.3 Å². The van der Waals surface area contributed by atoms with Crippen LogP contribution in [-0.2, 0) is 70.8 Å². The van der Waals surface area contributed by atoms with Crippen LogP contribution in [0.1, 0.15) is 100.0 Å². The van der Waals surface area contributed by atoms with Crippen LogP contribution in [0.25, 0.3) is 10.9 Å². The van der Waals surface area contributed by atoms with Crippen LogP contribution in [-0.4, -0.2) is 182 Å². The first-order chi connectivity index (χ1) is 45.6. The van der Waals surface area contributed by atoms with Crippen molar-refractivity contribution < 1.29 is 91.0 Å². The van der Waals surface area contributed by atoms with E-state index in [-0.39, 0.29) is 43.5 Å². The number of carboxylic acids is 2. The van der Waals surface area contributed by atoms with Gasteiger partial charge in [-0.25, -0.2) is 12.8 Å². The molecule has 4 aromatic carbocycles. The molecule has 7 atom stereocenters. The third-order valence-electron chi connectivity index (χ3n) is 15.2. The van der Waals surface area contributed by atoms with Gasteiger partial charge in [0, 0.05) is 75.5 Å². The number of hydrogen-bond acceptors (Lipinski definition) is 18. The van der Waals surface area contributed by atoms with Crippen molar-refractivity contribution in [1.29, 1.82) is 0 Å². The van der Waals surface area contributed by atoms with Gasteiger partial charge >= 0.3 is 11.9 Å². The summed E-state index contributed by atoms with van der Waals surface area (Å²) >= 11 is 0. The Bertz CT molecular complexity index is 3560. The van der Waals surface area contributed by atoms with Crippen LogP contribution in [0.4, 0.5) is 10.1 Å². The number of aliphatic hydroxyl groups excluding tert-OH is 2. The van der Waals surface area contributed by atoms with Gasteiger partial charge in [0.05, 0.1) is 25.0 Å². The van der Waals surface area contributed by atoms with E-state index in [1.807, 2.05) is 48.0 Å². The number of H-pyrrole nitrogens is 1. The van der Waals surface area contributed by atoms with Crippen molar-refractivity contribution >= 4 is 85.8 Å². The number of aliphatic carboxylic acids is 2. The van der Waals surface area contributed by atoms with E-state index in [2.05, 4.69) is 47.5 Å². The monoisotopic (exact) mass is 1360 g/mol. The number of sulfonamides is 1. The van der Waals surface area contributed by atoms with Crippen LogP contribution in [0.3, 0.4) is 0 Å². The van der Waals surface area contributed by atoms with Crippen LogP contribution in [0, 0.1) is 5.82 Å². The van der Waals surface area contributed by atoms with Gasteiger partial charge < -0.3 is 83.1 Å². The van der Waals surface area contributed by atoms with E-state index in [4.69, 9.17) is 10.5 Å². The molecule has 522 valence electrons. The van der Waals surface area contributed by atoms with E-state index in [1.165, 1.54) is 31.4 Å². The van der Waals surface area contributed by atoms with Gasteiger partial charge in [-0.2, -0.15) is 4.72 Å². The number of nitrogens with one attached hydrogen (secondary N) is 10. The Hall–Kier alpha value is -9.60. The van der Waals surface area contributed by atoms with Crippen LogP contribution in [0.5, 0.6) is 5.75 Å². The second-order valence-corrected chi connectivity index (χ2v) is 24.5. The minimum Gasteiger partial charge on any atom is -0.497 e. The quantitative estimate of drug-likeness (QED) is 0.0182. The molecule has 5 aromatic rings. The van der Waals surface area contributed by atoms with Gasteiger partial charge in [-0.05, 0) is 123 Å². The number of hydrogen-bond donors (Lipinski definition) is 16. The molecule has 0 bridgehead atoms. The molecular weight excluding hydrogens is 1280 g/mol. The lowest BCUT2D eigenvalue weighted by Crippen LogP contribution is -2.58. The number of aliphatic hydroxyl groups is 3. The molecule has 0 saturated carbocycles. The summed E-state index contributed by atoms with van der Waals surface area (Å²) in [6.45, 7) is -0.503.